The Morgan fingerprint density at radius 3 is 2.13 bits per heavy atom. The van der Waals surface area contributed by atoms with Crippen molar-refractivity contribution in [2.75, 3.05) is 0 Å². The van der Waals surface area contributed by atoms with E-state index in [2.05, 4.69) is 96.5 Å². The Bertz CT molecular complexity index is 1340. The first-order valence-corrected chi connectivity index (χ1v) is 10.7. The van der Waals surface area contributed by atoms with Gasteiger partial charge in [-0.05, 0) is 55.3 Å². The van der Waals surface area contributed by atoms with E-state index in [1.165, 1.54) is 5.56 Å². The summed E-state index contributed by atoms with van der Waals surface area (Å²) in [5.41, 5.74) is 8.41. The number of benzene rings is 3. The number of hydrogen-bond acceptors (Lipinski definition) is 2. The molecular weight excluding hydrogens is 434 g/mol. The summed E-state index contributed by atoms with van der Waals surface area (Å²) in [5.74, 6) is 0. The molecule has 3 aromatic carbocycles. The molecule has 0 bridgehead atoms. The fraction of sp³-hybridized carbons (Fsp3) is 0.0769. The topological polar surface area (TPSA) is 30.7 Å². The van der Waals surface area contributed by atoms with Crippen LogP contribution < -0.4 is 0 Å². The number of para-hydroxylation sites is 1. The summed E-state index contributed by atoms with van der Waals surface area (Å²) < 4.78 is 3.01. The third kappa shape index (κ3) is 3.33. The maximum atomic E-state index is 5.07. The van der Waals surface area contributed by atoms with Crippen molar-refractivity contribution in [3.05, 3.63) is 101 Å². The minimum atomic E-state index is 0.870. The average Bonchev–Trinajstić information content (AvgIpc) is 3.11. The van der Waals surface area contributed by atoms with Gasteiger partial charge in [0.1, 0.15) is 0 Å². The quantitative estimate of drug-likeness (QED) is 0.290. The molecule has 4 heteroatoms. The van der Waals surface area contributed by atoms with Crippen LogP contribution in [0.4, 0.5) is 0 Å². The lowest BCUT2D eigenvalue weighted by Crippen LogP contribution is -1.98. The molecule has 2 heterocycles. The van der Waals surface area contributed by atoms with Crippen molar-refractivity contribution in [2.45, 2.75) is 13.8 Å². The molecule has 0 saturated heterocycles. The molecule has 0 fully saturated rings. The fourth-order valence-electron chi connectivity index (χ4n) is 3.77. The predicted molar refractivity (Wildman–Crippen MR) is 127 cm³/mol. The molecule has 5 aromatic rings. The van der Waals surface area contributed by atoms with Gasteiger partial charge in [-0.25, -0.2) is 9.67 Å². The molecule has 2 aromatic heterocycles. The van der Waals surface area contributed by atoms with Crippen molar-refractivity contribution in [3.8, 4) is 28.1 Å². The Balaban J connectivity index is 1.83. The predicted octanol–water partition coefficient (Wildman–Crippen LogP) is 7.13. The molecule has 3 nitrogen and oxygen atoms in total. The van der Waals surface area contributed by atoms with Crippen LogP contribution in [0.1, 0.15) is 11.3 Å². The van der Waals surface area contributed by atoms with Crippen molar-refractivity contribution in [2.24, 2.45) is 0 Å². The molecule has 0 aliphatic rings. The van der Waals surface area contributed by atoms with E-state index in [0.717, 1.165) is 49.3 Å². The molecule has 0 N–H and O–H groups in total. The van der Waals surface area contributed by atoms with Crippen molar-refractivity contribution in [3.63, 3.8) is 0 Å². The third-order valence-electron chi connectivity index (χ3n) is 5.32. The van der Waals surface area contributed by atoms with Crippen LogP contribution in [0.2, 0.25) is 0 Å². The Morgan fingerprint density at radius 1 is 0.767 bits per heavy atom. The van der Waals surface area contributed by atoms with E-state index in [9.17, 15) is 0 Å². The highest BCUT2D eigenvalue weighted by atomic mass is 79.9. The van der Waals surface area contributed by atoms with Gasteiger partial charge in [-0.15, -0.1) is 0 Å². The smallest absolute Gasteiger partial charge is 0.164 e. The Morgan fingerprint density at radius 2 is 1.43 bits per heavy atom. The zero-order valence-corrected chi connectivity index (χ0v) is 18.4. The van der Waals surface area contributed by atoms with Gasteiger partial charge in [-0.3, -0.25) is 0 Å². The van der Waals surface area contributed by atoms with Gasteiger partial charge in [0.25, 0.3) is 0 Å². The lowest BCUT2D eigenvalue weighted by Gasteiger charge is -2.10. The van der Waals surface area contributed by atoms with Gasteiger partial charge < -0.3 is 0 Å². The average molecular weight is 454 g/mol. The second kappa shape index (κ2) is 7.54. The number of hydrogen-bond donors (Lipinski definition) is 0. The van der Waals surface area contributed by atoms with E-state index in [0.29, 0.717) is 0 Å². The van der Waals surface area contributed by atoms with E-state index in [4.69, 9.17) is 10.1 Å². The van der Waals surface area contributed by atoms with Gasteiger partial charge in [-0.2, -0.15) is 5.10 Å². The molecule has 0 saturated carbocycles. The van der Waals surface area contributed by atoms with Crippen LogP contribution in [0.15, 0.2) is 89.4 Å². The van der Waals surface area contributed by atoms with Crippen molar-refractivity contribution in [1.29, 1.82) is 0 Å². The Labute approximate surface area is 184 Å². The van der Waals surface area contributed by atoms with Crippen LogP contribution in [0, 0.1) is 13.8 Å². The summed E-state index contributed by atoms with van der Waals surface area (Å²) >= 11 is 3.55. The standard InChI is InChI=1S/C26H20BrN3/c1-17-8-10-20(11-9-17)24-16-23(19-12-14-21(27)15-13-19)25-18(2)29-30(26(25)28-24)22-6-4-3-5-7-22/h3-16H,1-2H3. The molecule has 30 heavy (non-hydrogen) atoms. The van der Waals surface area contributed by atoms with Crippen molar-refractivity contribution >= 4 is 27.0 Å². The highest BCUT2D eigenvalue weighted by Gasteiger charge is 2.18. The number of nitrogens with zero attached hydrogens (tertiary/aromatic N) is 3. The Hall–Kier alpha value is -3.24. The summed E-state index contributed by atoms with van der Waals surface area (Å²) in [6, 6.07) is 29.3. The summed E-state index contributed by atoms with van der Waals surface area (Å²) in [6.45, 7) is 4.15. The fourth-order valence-corrected chi connectivity index (χ4v) is 4.03. The summed E-state index contributed by atoms with van der Waals surface area (Å²) in [4.78, 5) is 5.07. The zero-order valence-electron chi connectivity index (χ0n) is 16.8. The van der Waals surface area contributed by atoms with Gasteiger partial charge in [-0.1, -0.05) is 76.1 Å². The SMILES string of the molecule is Cc1ccc(-c2cc(-c3ccc(Br)cc3)c3c(C)nn(-c4ccccc4)c3n2)cc1. The maximum absolute atomic E-state index is 5.07. The van der Waals surface area contributed by atoms with Crippen LogP contribution in [0.5, 0.6) is 0 Å². The Kier molecular flexibility index (Phi) is 4.72. The minimum Gasteiger partial charge on any atom is -0.228 e. The second-order valence-corrected chi connectivity index (χ2v) is 8.38. The van der Waals surface area contributed by atoms with E-state index in [1.54, 1.807) is 0 Å². The molecule has 5 rings (SSSR count). The molecule has 0 amide bonds. The van der Waals surface area contributed by atoms with Gasteiger partial charge in [0.15, 0.2) is 5.65 Å². The van der Waals surface area contributed by atoms with E-state index in [-0.39, 0.29) is 0 Å². The molecule has 0 aliphatic carbocycles. The largest absolute Gasteiger partial charge is 0.228 e. The number of rotatable bonds is 3. The lowest BCUT2D eigenvalue weighted by atomic mass is 9.99. The maximum Gasteiger partial charge on any atom is 0.164 e. The van der Waals surface area contributed by atoms with Gasteiger partial charge in [0.2, 0.25) is 0 Å². The zero-order chi connectivity index (χ0) is 20.7. The van der Waals surface area contributed by atoms with E-state index < -0.39 is 0 Å². The number of aryl methyl sites for hydroxylation is 2. The number of pyridine rings is 1. The van der Waals surface area contributed by atoms with E-state index in [1.807, 2.05) is 22.9 Å². The van der Waals surface area contributed by atoms with Gasteiger partial charge >= 0.3 is 0 Å². The monoisotopic (exact) mass is 453 g/mol. The highest BCUT2D eigenvalue weighted by molar-refractivity contribution is 9.10. The molecule has 0 radical (unpaired) electrons. The van der Waals surface area contributed by atoms with Crippen LogP contribution in [-0.4, -0.2) is 14.8 Å². The summed E-state index contributed by atoms with van der Waals surface area (Å²) in [6.07, 6.45) is 0. The highest BCUT2D eigenvalue weighted by Crippen LogP contribution is 2.35. The van der Waals surface area contributed by atoms with Crippen LogP contribution in [0.25, 0.3) is 39.1 Å². The number of halogens is 1. The first-order chi connectivity index (χ1) is 14.6. The first kappa shape index (κ1) is 18.8. The molecule has 0 aliphatic heterocycles. The third-order valence-corrected chi connectivity index (χ3v) is 5.84. The summed E-state index contributed by atoms with van der Waals surface area (Å²) in [5, 5.41) is 5.94. The molecule has 0 unspecified atom stereocenters. The van der Waals surface area contributed by atoms with Crippen LogP contribution in [-0.2, 0) is 0 Å². The summed E-state index contributed by atoms with van der Waals surface area (Å²) in [7, 11) is 0. The van der Waals surface area contributed by atoms with Crippen LogP contribution >= 0.6 is 15.9 Å². The van der Waals surface area contributed by atoms with Crippen molar-refractivity contribution in [1.82, 2.24) is 14.8 Å². The molecular formula is C26H20BrN3. The van der Waals surface area contributed by atoms with Crippen molar-refractivity contribution < 1.29 is 0 Å². The second-order valence-electron chi connectivity index (χ2n) is 7.46. The van der Waals surface area contributed by atoms with Gasteiger partial charge in [0, 0.05) is 10.0 Å². The number of fused-ring (bicyclic) bond motifs is 1. The first-order valence-electron chi connectivity index (χ1n) is 9.89. The number of aromatic nitrogens is 3. The molecule has 0 atom stereocenters. The van der Waals surface area contributed by atoms with Gasteiger partial charge in [0.05, 0.1) is 22.5 Å². The molecule has 0 spiro atoms. The normalized spacial score (nSPS) is 11.2. The lowest BCUT2D eigenvalue weighted by molar-refractivity contribution is 0.878. The molecule has 146 valence electrons. The van der Waals surface area contributed by atoms with E-state index >= 15 is 0 Å². The van der Waals surface area contributed by atoms with Crippen LogP contribution in [0.3, 0.4) is 0 Å². The minimum absolute atomic E-state index is 0.870.